The van der Waals surface area contributed by atoms with Crippen molar-refractivity contribution in [3.63, 3.8) is 0 Å². The first-order valence-electron chi connectivity index (χ1n) is 13.4. The van der Waals surface area contributed by atoms with Gasteiger partial charge in [-0.3, -0.25) is 25.0 Å². The minimum absolute atomic E-state index is 0.0685. The van der Waals surface area contributed by atoms with Gasteiger partial charge in [0.1, 0.15) is 5.92 Å². The van der Waals surface area contributed by atoms with Crippen molar-refractivity contribution in [2.75, 3.05) is 13.2 Å². The summed E-state index contributed by atoms with van der Waals surface area (Å²) in [6.45, 7) is 5.38. The van der Waals surface area contributed by atoms with Crippen LogP contribution >= 0.6 is 0 Å². The van der Waals surface area contributed by atoms with Crippen molar-refractivity contribution in [3.8, 4) is 0 Å². The van der Waals surface area contributed by atoms with Crippen LogP contribution < -0.4 is 22.1 Å². The number of carbonyl (C=O) groups is 1. The number of nitrogens with zero attached hydrogens (tertiary/aromatic N) is 2. The molecule has 0 aromatic heterocycles. The summed E-state index contributed by atoms with van der Waals surface area (Å²) in [5, 5.41) is 7.39. The number of hydrogen-bond donors (Lipinski definition) is 4. The predicted octanol–water partition coefficient (Wildman–Crippen LogP) is 2.59. The number of rotatable bonds is 14. The predicted molar refractivity (Wildman–Crippen MR) is 133 cm³/mol. The van der Waals surface area contributed by atoms with Crippen LogP contribution in [0, 0.1) is 5.92 Å². The number of unbranched alkanes of at least 4 members (excludes halogenated alkanes) is 7. The molecule has 3 aliphatic rings. The number of esters is 1. The van der Waals surface area contributed by atoms with E-state index in [0.717, 1.165) is 25.2 Å². The summed E-state index contributed by atoms with van der Waals surface area (Å²) in [6.07, 6.45) is 15.7. The molecule has 0 aromatic rings. The van der Waals surface area contributed by atoms with Gasteiger partial charge in [0.15, 0.2) is 5.96 Å². The Morgan fingerprint density at radius 1 is 1.06 bits per heavy atom. The van der Waals surface area contributed by atoms with E-state index in [9.17, 15) is 4.79 Å². The number of hydrogen-bond acceptors (Lipinski definition) is 5. The zero-order valence-electron chi connectivity index (χ0n) is 20.9. The summed E-state index contributed by atoms with van der Waals surface area (Å²) < 4.78 is 8.13. The molecule has 5 atom stereocenters. The van der Waals surface area contributed by atoms with E-state index in [-0.39, 0.29) is 29.9 Å². The highest BCUT2D eigenvalue weighted by Gasteiger charge is 2.52. The lowest BCUT2D eigenvalue weighted by Gasteiger charge is -2.38. The average molecular weight is 464 g/mol. The Labute approximate surface area is 200 Å². The van der Waals surface area contributed by atoms with Gasteiger partial charge in [-0.1, -0.05) is 51.9 Å². The fraction of sp³-hybridized carbons (Fsp3) is 0.880. The van der Waals surface area contributed by atoms with Crippen LogP contribution in [0.15, 0.2) is 4.99 Å². The lowest BCUT2D eigenvalue weighted by molar-refractivity contribution is -0.598. The quantitative estimate of drug-likeness (QED) is 0.103. The van der Waals surface area contributed by atoms with Crippen LogP contribution in [0.25, 0.3) is 0 Å². The van der Waals surface area contributed by atoms with Gasteiger partial charge in [0.25, 0.3) is 0 Å². The third-order valence-electron chi connectivity index (χ3n) is 7.54. The molecular weight excluding hydrogens is 416 g/mol. The molecule has 1 saturated heterocycles. The van der Waals surface area contributed by atoms with E-state index < -0.39 is 0 Å². The SMILES string of the molecule is CCCCCCCCC[C@@H]1C[C@@H]2CC[C@H]3[C@@H](C(=O)OCCCCN=C(N)N)[C@@H](C)NC(=[N+]23)N1. The van der Waals surface area contributed by atoms with Crippen molar-refractivity contribution in [2.45, 2.75) is 121 Å². The van der Waals surface area contributed by atoms with Gasteiger partial charge in [-0.25, -0.2) is 0 Å². The first-order chi connectivity index (χ1) is 16.0. The third kappa shape index (κ3) is 7.24. The third-order valence-corrected chi connectivity index (χ3v) is 7.54. The second kappa shape index (κ2) is 13.0. The van der Waals surface area contributed by atoms with Crippen molar-refractivity contribution >= 4 is 17.9 Å². The summed E-state index contributed by atoms with van der Waals surface area (Å²) >= 11 is 0. The summed E-state index contributed by atoms with van der Waals surface area (Å²) in [5.74, 6) is 1.05. The molecule has 0 aromatic carbocycles. The molecule has 0 aliphatic carbocycles. The monoisotopic (exact) mass is 463 g/mol. The van der Waals surface area contributed by atoms with Crippen LogP contribution in [-0.2, 0) is 9.53 Å². The molecule has 3 heterocycles. The zero-order chi connectivity index (χ0) is 23.6. The molecule has 3 aliphatic heterocycles. The molecule has 0 radical (unpaired) electrons. The highest BCUT2D eigenvalue weighted by atomic mass is 16.5. The maximum atomic E-state index is 13.0. The second-order valence-corrected chi connectivity index (χ2v) is 10.2. The van der Waals surface area contributed by atoms with E-state index in [4.69, 9.17) is 16.2 Å². The number of aliphatic imine (C=N–C) groups is 1. The lowest BCUT2D eigenvalue weighted by atomic mass is 9.89. The van der Waals surface area contributed by atoms with Gasteiger partial charge in [0.2, 0.25) is 0 Å². The Morgan fingerprint density at radius 3 is 2.58 bits per heavy atom. The van der Waals surface area contributed by atoms with E-state index in [2.05, 4.69) is 34.0 Å². The maximum Gasteiger partial charge on any atom is 0.346 e. The summed E-state index contributed by atoms with van der Waals surface area (Å²) in [6, 6.07) is 1.39. The topological polar surface area (TPSA) is 118 Å². The van der Waals surface area contributed by atoms with Crippen LogP contribution in [0.2, 0.25) is 0 Å². The van der Waals surface area contributed by atoms with Gasteiger partial charge in [0.05, 0.1) is 30.8 Å². The van der Waals surface area contributed by atoms with E-state index in [0.29, 0.717) is 25.2 Å². The van der Waals surface area contributed by atoms with E-state index in [1.807, 2.05) is 0 Å². The number of nitrogens with two attached hydrogens (primary N) is 2. The van der Waals surface area contributed by atoms with Crippen LogP contribution in [-0.4, -0.2) is 59.8 Å². The van der Waals surface area contributed by atoms with Crippen molar-refractivity contribution in [1.82, 2.24) is 10.6 Å². The molecule has 3 rings (SSSR count). The van der Waals surface area contributed by atoms with Crippen molar-refractivity contribution in [3.05, 3.63) is 0 Å². The smallest absolute Gasteiger partial charge is 0.346 e. The van der Waals surface area contributed by atoms with Crippen LogP contribution in [0.3, 0.4) is 0 Å². The van der Waals surface area contributed by atoms with E-state index in [1.54, 1.807) is 0 Å². The number of ether oxygens (including phenoxy) is 1. The Balaban J connectivity index is 1.45. The zero-order valence-corrected chi connectivity index (χ0v) is 20.9. The number of nitrogens with one attached hydrogen (secondary N) is 2. The van der Waals surface area contributed by atoms with Gasteiger partial charge in [0, 0.05) is 13.0 Å². The maximum absolute atomic E-state index is 13.0. The van der Waals surface area contributed by atoms with Gasteiger partial charge in [-0.2, -0.15) is 0 Å². The molecule has 1 fully saturated rings. The van der Waals surface area contributed by atoms with Crippen molar-refractivity contribution in [1.29, 1.82) is 0 Å². The Kier molecular flexibility index (Phi) is 10.1. The van der Waals surface area contributed by atoms with Gasteiger partial charge < -0.3 is 16.2 Å². The van der Waals surface area contributed by atoms with E-state index in [1.165, 1.54) is 64.2 Å². The largest absolute Gasteiger partial charge is 0.465 e. The first kappa shape index (κ1) is 25.6. The second-order valence-electron chi connectivity index (χ2n) is 10.2. The van der Waals surface area contributed by atoms with Crippen molar-refractivity contribution in [2.24, 2.45) is 22.4 Å². The molecule has 0 saturated carbocycles. The highest BCUT2D eigenvalue weighted by molar-refractivity contribution is 5.81. The highest BCUT2D eigenvalue weighted by Crippen LogP contribution is 2.35. The summed E-state index contributed by atoms with van der Waals surface area (Å²) in [4.78, 5) is 16.9. The van der Waals surface area contributed by atoms with Gasteiger partial charge >= 0.3 is 11.9 Å². The normalized spacial score (nSPS) is 28.0. The molecule has 0 bridgehead atoms. The Morgan fingerprint density at radius 2 is 1.82 bits per heavy atom. The summed E-state index contributed by atoms with van der Waals surface area (Å²) in [5.41, 5.74) is 10.7. The van der Waals surface area contributed by atoms with E-state index >= 15 is 0 Å². The van der Waals surface area contributed by atoms with Crippen LogP contribution in [0.5, 0.6) is 0 Å². The molecule has 33 heavy (non-hydrogen) atoms. The lowest BCUT2D eigenvalue weighted by Crippen LogP contribution is -2.66. The molecule has 188 valence electrons. The van der Waals surface area contributed by atoms with Gasteiger partial charge in [-0.15, -0.1) is 0 Å². The molecule has 0 unspecified atom stereocenters. The molecular formula is C25H47N6O2+. The fourth-order valence-electron chi connectivity index (χ4n) is 5.84. The molecule has 6 N–H and O–H groups in total. The Hall–Kier alpha value is -1.99. The summed E-state index contributed by atoms with van der Waals surface area (Å²) in [7, 11) is 0. The van der Waals surface area contributed by atoms with Crippen LogP contribution in [0.4, 0.5) is 0 Å². The fourth-order valence-corrected chi connectivity index (χ4v) is 5.84. The van der Waals surface area contributed by atoms with Crippen LogP contribution in [0.1, 0.15) is 97.3 Å². The minimum Gasteiger partial charge on any atom is -0.465 e. The average Bonchev–Trinajstić information content (AvgIpc) is 3.19. The molecule has 8 nitrogen and oxygen atoms in total. The van der Waals surface area contributed by atoms with Crippen molar-refractivity contribution < 1.29 is 14.1 Å². The standard InChI is InChI=1S/C25H46N6O2/c1-3-4-5-6-7-8-9-12-19-17-20-13-14-21-22(18(2)29-25(30-19)31(20)21)23(32)33-16-11-10-15-28-24(26)27/h18-22H,3-17H2,1-2H3,(H5,26,27,28,29,30)/p+1/t18-,19-,20+,21+,22+/m1/s1. The first-order valence-corrected chi connectivity index (χ1v) is 13.4. The molecule has 0 spiro atoms. The molecule has 0 amide bonds. The van der Waals surface area contributed by atoms with Gasteiger partial charge in [-0.05, 0) is 39.0 Å². The number of guanidine groups is 2. The minimum atomic E-state index is -0.127. The number of carbonyl (C=O) groups excluding carboxylic acids is 1. The Bertz CT molecular complexity index is 690. The molecule has 8 heteroatoms.